The average molecular weight is 880 g/mol. The summed E-state index contributed by atoms with van der Waals surface area (Å²) in [5, 5.41) is 4.83. The molecule has 2 heterocycles. The molecule has 13 rings (SSSR count). The zero-order valence-corrected chi connectivity index (χ0v) is 37.8. The largest absolute Gasteiger partial charge is 0.309 e. The first kappa shape index (κ1) is 40.1. The molecule has 0 aliphatic carbocycles. The molecule has 0 aliphatic rings. The Labute approximate surface area is 401 Å². The van der Waals surface area contributed by atoms with Crippen molar-refractivity contribution in [3.8, 4) is 55.9 Å². The van der Waals surface area contributed by atoms with Gasteiger partial charge in [0.1, 0.15) is 0 Å². The van der Waals surface area contributed by atoms with Crippen LogP contribution < -0.4 is 4.90 Å². The van der Waals surface area contributed by atoms with Crippen molar-refractivity contribution in [2.24, 2.45) is 0 Å². The highest BCUT2D eigenvalue weighted by Crippen LogP contribution is 2.51. The van der Waals surface area contributed by atoms with E-state index in [0.29, 0.717) is 0 Å². The second-order valence-electron chi connectivity index (χ2n) is 17.6. The number of rotatable bonds is 9. The smallest absolute Gasteiger partial charge is 0.0619 e. The van der Waals surface area contributed by atoms with E-state index in [4.69, 9.17) is 0 Å². The van der Waals surface area contributed by atoms with Crippen LogP contribution in [0.5, 0.6) is 0 Å². The molecule has 0 saturated heterocycles. The van der Waals surface area contributed by atoms with Crippen LogP contribution in [0.15, 0.2) is 273 Å². The van der Waals surface area contributed by atoms with Crippen molar-refractivity contribution in [2.45, 2.75) is 0 Å². The van der Waals surface area contributed by atoms with E-state index in [1.54, 1.807) is 0 Å². The monoisotopic (exact) mass is 879 g/mol. The van der Waals surface area contributed by atoms with Gasteiger partial charge in [0.25, 0.3) is 0 Å². The molecule has 0 saturated carbocycles. The summed E-state index contributed by atoms with van der Waals surface area (Å²) in [6.45, 7) is 0. The van der Waals surface area contributed by atoms with Gasteiger partial charge in [-0.05, 0) is 100 Å². The van der Waals surface area contributed by atoms with Crippen LogP contribution in [0.2, 0.25) is 0 Å². The van der Waals surface area contributed by atoms with Crippen LogP contribution in [0.4, 0.5) is 17.1 Å². The number of benzene rings is 11. The number of nitrogens with zero attached hydrogens (tertiary/aromatic N) is 3. The van der Waals surface area contributed by atoms with Crippen LogP contribution >= 0.6 is 0 Å². The maximum atomic E-state index is 2.53. The van der Waals surface area contributed by atoms with Gasteiger partial charge in [-0.15, -0.1) is 0 Å². The first-order valence-electron chi connectivity index (χ1n) is 23.7. The molecule has 11 aromatic carbocycles. The van der Waals surface area contributed by atoms with Crippen LogP contribution in [-0.4, -0.2) is 9.13 Å². The van der Waals surface area contributed by atoms with Crippen LogP contribution in [0.3, 0.4) is 0 Å². The second kappa shape index (κ2) is 16.9. The number of hydrogen-bond acceptors (Lipinski definition) is 1. The van der Waals surface area contributed by atoms with Crippen molar-refractivity contribution in [3.05, 3.63) is 273 Å². The Balaban J connectivity index is 1.14. The third-order valence-corrected chi connectivity index (χ3v) is 13.7. The number of aromatic nitrogens is 2. The first-order chi connectivity index (χ1) is 34.3. The van der Waals surface area contributed by atoms with Gasteiger partial charge < -0.3 is 14.0 Å². The zero-order valence-electron chi connectivity index (χ0n) is 37.8. The maximum Gasteiger partial charge on any atom is 0.0619 e. The quantitative estimate of drug-likeness (QED) is 0.141. The molecule has 0 amide bonds. The standard InChI is InChI=1S/C66H45N3/c1-5-23-46(24-6-1)52-33-13-14-35-56(52)64-53(47-25-7-2-8-26-47)37-21-42-61(64)68(63-44-22-43-62-65(63)58-36-16-18-41-60(58)67(62)49-28-9-3-10-29-49)51-32-19-27-48(45-51)54-38-20-39-57-55-34-15-17-40-59(55)69(66(54)57)50-30-11-4-12-31-50/h1-45H. The molecular formula is C66H45N3. The number of para-hydroxylation sites is 5. The predicted octanol–water partition coefficient (Wildman–Crippen LogP) is 18.0. The van der Waals surface area contributed by atoms with Crippen molar-refractivity contribution in [1.82, 2.24) is 9.13 Å². The van der Waals surface area contributed by atoms with Crippen LogP contribution in [-0.2, 0) is 0 Å². The minimum atomic E-state index is 1.06. The fourth-order valence-corrected chi connectivity index (χ4v) is 10.8. The summed E-state index contributed by atoms with van der Waals surface area (Å²) >= 11 is 0. The normalized spacial score (nSPS) is 11.5. The molecule has 0 spiro atoms. The zero-order chi connectivity index (χ0) is 45.7. The molecule has 0 fully saturated rings. The highest BCUT2D eigenvalue weighted by molar-refractivity contribution is 6.18. The van der Waals surface area contributed by atoms with Gasteiger partial charge >= 0.3 is 0 Å². The Morgan fingerprint density at radius 2 is 0.739 bits per heavy atom. The lowest BCUT2D eigenvalue weighted by molar-refractivity contribution is 1.18. The topological polar surface area (TPSA) is 13.1 Å². The SMILES string of the molecule is c1ccc(-c2ccccc2-c2c(-c3ccccc3)cccc2N(c2cccc(-c3cccc4c5ccccc5n(-c5ccccc5)c34)c2)c2cccc3c2c2ccccc2n3-c2ccccc2)cc1. The summed E-state index contributed by atoms with van der Waals surface area (Å²) in [7, 11) is 0. The second-order valence-corrected chi connectivity index (χ2v) is 17.6. The fourth-order valence-electron chi connectivity index (χ4n) is 10.8. The van der Waals surface area contributed by atoms with Gasteiger partial charge in [-0.25, -0.2) is 0 Å². The lowest BCUT2D eigenvalue weighted by Gasteiger charge is -2.31. The Hall–Kier alpha value is -9.18. The Kier molecular flexibility index (Phi) is 9.84. The number of fused-ring (bicyclic) bond motifs is 6. The molecule has 0 radical (unpaired) electrons. The highest BCUT2D eigenvalue weighted by atomic mass is 15.2. The van der Waals surface area contributed by atoms with E-state index in [1.807, 2.05) is 0 Å². The summed E-state index contributed by atoms with van der Waals surface area (Å²) in [5.41, 5.74) is 19.4. The molecule has 0 bridgehead atoms. The molecule has 0 N–H and O–H groups in total. The van der Waals surface area contributed by atoms with E-state index < -0.39 is 0 Å². The minimum absolute atomic E-state index is 1.06. The molecule has 0 unspecified atom stereocenters. The van der Waals surface area contributed by atoms with Crippen LogP contribution in [0.25, 0.3) is 99.5 Å². The molecule has 0 aliphatic heterocycles. The summed E-state index contributed by atoms with van der Waals surface area (Å²) in [4.78, 5) is 2.53. The van der Waals surface area contributed by atoms with Gasteiger partial charge in [-0.3, -0.25) is 0 Å². The van der Waals surface area contributed by atoms with Gasteiger partial charge in [0.05, 0.1) is 33.4 Å². The summed E-state index contributed by atoms with van der Waals surface area (Å²) in [6, 6.07) is 99.3. The summed E-state index contributed by atoms with van der Waals surface area (Å²) < 4.78 is 4.85. The van der Waals surface area contributed by atoms with Gasteiger partial charge in [0, 0.05) is 49.7 Å². The maximum absolute atomic E-state index is 2.53. The molecule has 3 heteroatoms. The minimum Gasteiger partial charge on any atom is -0.309 e. The predicted molar refractivity (Wildman–Crippen MR) is 292 cm³/mol. The number of hydrogen-bond donors (Lipinski definition) is 0. The van der Waals surface area contributed by atoms with Gasteiger partial charge in [-0.1, -0.05) is 206 Å². The van der Waals surface area contributed by atoms with Crippen LogP contribution in [0.1, 0.15) is 0 Å². The van der Waals surface area contributed by atoms with Gasteiger partial charge in [0.15, 0.2) is 0 Å². The molecule has 2 aromatic heterocycles. The molecule has 3 nitrogen and oxygen atoms in total. The Morgan fingerprint density at radius 1 is 0.275 bits per heavy atom. The number of anilines is 3. The Bertz CT molecular complexity index is 4000. The van der Waals surface area contributed by atoms with Crippen molar-refractivity contribution >= 4 is 60.7 Å². The van der Waals surface area contributed by atoms with E-state index in [1.165, 1.54) is 49.3 Å². The lowest BCUT2D eigenvalue weighted by atomic mass is 9.87. The molecule has 324 valence electrons. The Morgan fingerprint density at radius 3 is 1.46 bits per heavy atom. The molecular weight excluding hydrogens is 835 g/mol. The highest BCUT2D eigenvalue weighted by Gasteiger charge is 2.27. The van der Waals surface area contributed by atoms with Gasteiger partial charge in [0.2, 0.25) is 0 Å². The third-order valence-electron chi connectivity index (χ3n) is 13.7. The fraction of sp³-hybridized carbons (Fsp3) is 0. The van der Waals surface area contributed by atoms with Crippen molar-refractivity contribution in [3.63, 3.8) is 0 Å². The van der Waals surface area contributed by atoms with Crippen molar-refractivity contribution in [2.75, 3.05) is 4.90 Å². The molecule has 13 aromatic rings. The summed E-state index contributed by atoms with van der Waals surface area (Å²) in [5.74, 6) is 0. The van der Waals surface area contributed by atoms with E-state index >= 15 is 0 Å². The summed E-state index contributed by atoms with van der Waals surface area (Å²) in [6.07, 6.45) is 0. The van der Waals surface area contributed by atoms with E-state index in [9.17, 15) is 0 Å². The van der Waals surface area contributed by atoms with E-state index in [-0.39, 0.29) is 0 Å². The van der Waals surface area contributed by atoms with Crippen molar-refractivity contribution < 1.29 is 0 Å². The first-order valence-corrected chi connectivity index (χ1v) is 23.7. The van der Waals surface area contributed by atoms with E-state index in [0.717, 1.165) is 67.3 Å². The van der Waals surface area contributed by atoms with Crippen molar-refractivity contribution in [1.29, 1.82) is 0 Å². The lowest BCUT2D eigenvalue weighted by Crippen LogP contribution is -2.12. The molecule has 69 heavy (non-hydrogen) atoms. The third kappa shape index (κ3) is 6.74. The van der Waals surface area contributed by atoms with E-state index in [2.05, 4.69) is 287 Å². The van der Waals surface area contributed by atoms with Crippen LogP contribution in [0, 0.1) is 0 Å². The molecule has 0 atom stereocenters. The average Bonchev–Trinajstić information content (AvgIpc) is 3.96. The van der Waals surface area contributed by atoms with Gasteiger partial charge in [-0.2, -0.15) is 0 Å².